The summed E-state index contributed by atoms with van der Waals surface area (Å²) in [4.78, 5) is 11.6. The van der Waals surface area contributed by atoms with Gasteiger partial charge in [-0.15, -0.1) is 0 Å². The molecule has 0 aliphatic rings. The number of benzene rings is 2. The molecule has 0 aliphatic carbocycles. The molecular formula is C16H15BrFNO3. The number of carbonyl (C=O) groups excluding carboxylic acids is 1. The van der Waals surface area contributed by atoms with E-state index in [4.69, 9.17) is 4.74 Å². The van der Waals surface area contributed by atoms with E-state index in [-0.39, 0.29) is 17.6 Å². The Morgan fingerprint density at radius 3 is 2.68 bits per heavy atom. The normalized spacial score (nSPS) is 11.8. The van der Waals surface area contributed by atoms with Gasteiger partial charge in [0.15, 0.2) is 0 Å². The second kappa shape index (κ2) is 7.91. The van der Waals surface area contributed by atoms with Gasteiger partial charge in [0.1, 0.15) is 12.4 Å². The van der Waals surface area contributed by atoms with Gasteiger partial charge in [0.2, 0.25) is 0 Å². The number of nitrogens with one attached hydrogen (secondary N) is 1. The molecule has 0 aliphatic heterocycles. The number of aliphatic hydroxyl groups excluding tert-OH is 1. The Hall–Kier alpha value is -1.92. The number of carbonyl (C=O) groups is 1. The molecule has 6 heteroatoms. The number of hydrogen-bond donors (Lipinski definition) is 2. The Morgan fingerprint density at radius 2 is 2.00 bits per heavy atom. The fourth-order valence-corrected chi connectivity index (χ4v) is 2.19. The molecule has 0 saturated heterocycles. The van der Waals surface area contributed by atoms with Gasteiger partial charge in [-0.25, -0.2) is 9.18 Å². The van der Waals surface area contributed by atoms with Crippen LogP contribution in [0.4, 0.5) is 9.18 Å². The Bertz CT molecular complexity index is 637. The number of aliphatic hydroxyl groups is 1. The van der Waals surface area contributed by atoms with Crippen molar-refractivity contribution >= 4 is 22.0 Å². The minimum Gasteiger partial charge on any atom is -0.445 e. The highest BCUT2D eigenvalue weighted by atomic mass is 79.9. The van der Waals surface area contributed by atoms with E-state index in [1.54, 1.807) is 0 Å². The van der Waals surface area contributed by atoms with Gasteiger partial charge in [-0.1, -0.05) is 36.4 Å². The molecule has 2 aromatic rings. The summed E-state index contributed by atoms with van der Waals surface area (Å²) in [6.07, 6.45) is -1.56. The lowest BCUT2D eigenvalue weighted by atomic mass is 10.1. The summed E-state index contributed by atoms with van der Waals surface area (Å²) in [7, 11) is 0. The van der Waals surface area contributed by atoms with Crippen LogP contribution in [0.2, 0.25) is 0 Å². The molecule has 2 rings (SSSR count). The number of rotatable bonds is 5. The maximum Gasteiger partial charge on any atom is 0.407 e. The third kappa shape index (κ3) is 4.82. The van der Waals surface area contributed by atoms with Crippen molar-refractivity contribution in [3.05, 3.63) is 69.9 Å². The SMILES string of the molecule is O=C(NC[C@H](O)c1ccc(F)c(Br)c1)OCc1ccccc1. The van der Waals surface area contributed by atoms with Crippen LogP contribution in [0.5, 0.6) is 0 Å². The van der Waals surface area contributed by atoms with Crippen LogP contribution < -0.4 is 5.32 Å². The average molecular weight is 368 g/mol. The first kappa shape index (κ1) is 16.5. The topological polar surface area (TPSA) is 58.6 Å². The van der Waals surface area contributed by atoms with Crippen LogP contribution in [0.1, 0.15) is 17.2 Å². The molecule has 2 N–H and O–H groups in total. The highest BCUT2D eigenvalue weighted by Crippen LogP contribution is 2.21. The molecule has 2 aromatic carbocycles. The van der Waals surface area contributed by atoms with E-state index in [0.717, 1.165) is 5.56 Å². The van der Waals surface area contributed by atoms with Crippen LogP contribution in [0, 0.1) is 5.82 Å². The molecule has 0 unspecified atom stereocenters. The number of hydrogen-bond acceptors (Lipinski definition) is 3. The van der Waals surface area contributed by atoms with Crippen LogP contribution in [0.15, 0.2) is 53.0 Å². The smallest absolute Gasteiger partial charge is 0.407 e. The minimum atomic E-state index is -0.943. The van der Waals surface area contributed by atoms with Crippen LogP contribution in [-0.2, 0) is 11.3 Å². The largest absolute Gasteiger partial charge is 0.445 e. The first-order valence-electron chi connectivity index (χ1n) is 6.64. The first-order valence-corrected chi connectivity index (χ1v) is 7.43. The molecule has 0 heterocycles. The lowest BCUT2D eigenvalue weighted by Crippen LogP contribution is -2.28. The molecule has 1 atom stereocenters. The van der Waals surface area contributed by atoms with Gasteiger partial charge in [-0.3, -0.25) is 0 Å². The highest BCUT2D eigenvalue weighted by molar-refractivity contribution is 9.10. The summed E-state index contributed by atoms with van der Waals surface area (Å²) in [6, 6.07) is 13.5. The molecule has 0 radical (unpaired) electrons. The molecule has 1 amide bonds. The van der Waals surface area contributed by atoms with Crippen LogP contribution in [0.25, 0.3) is 0 Å². The summed E-state index contributed by atoms with van der Waals surface area (Å²) in [6.45, 7) is 0.135. The van der Waals surface area contributed by atoms with Crippen molar-refractivity contribution in [3.8, 4) is 0 Å². The van der Waals surface area contributed by atoms with Gasteiger partial charge in [0.05, 0.1) is 17.1 Å². The predicted octanol–water partition coefficient (Wildman–Crippen LogP) is 3.55. The van der Waals surface area contributed by atoms with Crippen molar-refractivity contribution in [2.24, 2.45) is 0 Å². The van der Waals surface area contributed by atoms with E-state index in [1.165, 1.54) is 18.2 Å². The molecule has 0 saturated carbocycles. The highest BCUT2D eigenvalue weighted by Gasteiger charge is 2.12. The zero-order valence-electron chi connectivity index (χ0n) is 11.6. The Kier molecular flexibility index (Phi) is 5.91. The van der Waals surface area contributed by atoms with Crippen LogP contribution in [-0.4, -0.2) is 17.7 Å². The monoisotopic (exact) mass is 367 g/mol. The van der Waals surface area contributed by atoms with Gasteiger partial charge in [0, 0.05) is 0 Å². The molecule has 0 aromatic heterocycles. The molecule has 4 nitrogen and oxygen atoms in total. The van der Waals surface area contributed by atoms with Gasteiger partial charge in [-0.05, 0) is 39.2 Å². The third-order valence-electron chi connectivity index (χ3n) is 2.98. The van der Waals surface area contributed by atoms with E-state index >= 15 is 0 Å². The number of ether oxygens (including phenoxy) is 1. The van der Waals surface area contributed by atoms with E-state index < -0.39 is 18.0 Å². The summed E-state index contributed by atoms with van der Waals surface area (Å²) in [5, 5.41) is 12.4. The summed E-state index contributed by atoms with van der Waals surface area (Å²) in [5.74, 6) is -0.411. The maximum absolute atomic E-state index is 13.1. The lowest BCUT2D eigenvalue weighted by molar-refractivity contribution is 0.126. The Labute approximate surface area is 136 Å². The molecular weight excluding hydrogens is 353 g/mol. The average Bonchev–Trinajstić information content (AvgIpc) is 2.54. The fraction of sp³-hybridized carbons (Fsp3) is 0.188. The predicted molar refractivity (Wildman–Crippen MR) is 83.7 cm³/mol. The number of alkyl carbamates (subject to hydrolysis) is 1. The van der Waals surface area contributed by atoms with Crippen LogP contribution in [0.3, 0.4) is 0 Å². The van der Waals surface area contributed by atoms with Crippen molar-refractivity contribution in [1.29, 1.82) is 0 Å². The molecule has 116 valence electrons. The lowest BCUT2D eigenvalue weighted by Gasteiger charge is -2.13. The maximum atomic E-state index is 13.1. The Morgan fingerprint density at radius 1 is 1.27 bits per heavy atom. The number of halogens is 2. The van der Waals surface area contributed by atoms with Crippen molar-refractivity contribution in [1.82, 2.24) is 5.32 Å². The zero-order chi connectivity index (χ0) is 15.9. The van der Waals surface area contributed by atoms with Gasteiger partial charge < -0.3 is 15.2 Å². The Balaban J connectivity index is 1.79. The molecule has 0 bridgehead atoms. The zero-order valence-corrected chi connectivity index (χ0v) is 13.2. The molecule has 0 fully saturated rings. The van der Waals surface area contributed by atoms with E-state index in [0.29, 0.717) is 5.56 Å². The summed E-state index contributed by atoms with van der Waals surface area (Å²) in [5.41, 5.74) is 1.37. The van der Waals surface area contributed by atoms with Crippen molar-refractivity contribution in [2.75, 3.05) is 6.54 Å². The molecule has 0 spiro atoms. The minimum absolute atomic E-state index is 0.0221. The summed E-state index contributed by atoms with van der Waals surface area (Å²) < 4.78 is 18.4. The van der Waals surface area contributed by atoms with Crippen molar-refractivity contribution in [2.45, 2.75) is 12.7 Å². The van der Waals surface area contributed by atoms with Gasteiger partial charge >= 0.3 is 6.09 Å². The van der Waals surface area contributed by atoms with Gasteiger partial charge in [-0.2, -0.15) is 0 Å². The van der Waals surface area contributed by atoms with E-state index in [1.807, 2.05) is 30.3 Å². The molecule has 22 heavy (non-hydrogen) atoms. The standard InChI is InChI=1S/C16H15BrFNO3/c17-13-8-12(6-7-14(13)18)15(20)9-19-16(21)22-10-11-4-2-1-3-5-11/h1-8,15,20H,9-10H2,(H,19,21)/t15-/m0/s1. The first-order chi connectivity index (χ1) is 10.6. The van der Waals surface area contributed by atoms with Crippen LogP contribution >= 0.6 is 15.9 Å². The van der Waals surface area contributed by atoms with Crippen molar-refractivity contribution < 1.29 is 19.0 Å². The van der Waals surface area contributed by atoms with E-state index in [9.17, 15) is 14.3 Å². The second-order valence-corrected chi connectivity index (χ2v) is 5.49. The summed E-state index contributed by atoms with van der Waals surface area (Å²) >= 11 is 3.05. The third-order valence-corrected chi connectivity index (χ3v) is 3.59. The number of amides is 1. The van der Waals surface area contributed by atoms with Crippen molar-refractivity contribution in [3.63, 3.8) is 0 Å². The second-order valence-electron chi connectivity index (χ2n) is 4.63. The fourth-order valence-electron chi connectivity index (χ4n) is 1.79. The quantitative estimate of drug-likeness (QED) is 0.849. The van der Waals surface area contributed by atoms with Gasteiger partial charge in [0.25, 0.3) is 0 Å². The van der Waals surface area contributed by atoms with E-state index in [2.05, 4.69) is 21.2 Å².